The molecule has 0 radical (unpaired) electrons. The number of aliphatic imine (C=N–C) groups is 1. The van der Waals surface area contributed by atoms with Crippen molar-refractivity contribution in [2.24, 2.45) is 10.9 Å². The normalized spacial score (nSPS) is 14.9. The fourth-order valence-corrected chi connectivity index (χ4v) is 4.09. The Morgan fingerprint density at radius 2 is 1.91 bits per heavy atom. The number of halogens is 3. The number of hydrogen-bond donors (Lipinski definition) is 1. The van der Waals surface area contributed by atoms with Crippen LogP contribution in [0.5, 0.6) is 11.5 Å². The number of benzene rings is 2. The van der Waals surface area contributed by atoms with Crippen molar-refractivity contribution >= 4 is 28.4 Å². The molecule has 1 atom stereocenters. The van der Waals surface area contributed by atoms with Crippen molar-refractivity contribution < 1.29 is 32.5 Å². The Bertz CT molecular complexity index is 1100. The molecule has 1 amide bonds. The Kier molecular flexibility index (Phi) is 8.50. The highest BCUT2D eigenvalue weighted by atomic mass is 32.2. The van der Waals surface area contributed by atoms with Crippen molar-refractivity contribution in [3.8, 4) is 11.5 Å². The van der Waals surface area contributed by atoms with Gasteiger partial charge in [0.1, 0.15) is 18.1 Å². The van der Waals surface area contributed by atoms with Gasteiger partial charge >= 0.3 is 6.36 Å². The van der Waals surface area contributed by atoms with E-state index in [1.807, 2.05) is 6.92 Å². The van der Waals surface area contributed by atoms with Crippen molar-refractivity contribution in [3.05, 3.63) is 60.3 Å². The van der Waals surface area contributed by atoms with Gasteiger partial charge in [0.25, 0.3) is 5.91 Å². The zero-order valence-corrected chi connectivity index (χ0v) is 20.4. The van der Waals surface area contributed by atoms with E-state index < -0.39 is 18.4 Å². The van der Waals surface area contributed by atoms with Crippen molar-refractivity contribution in [1.82, 2.24) is 0 Å². The lowest BCUT2D eigenvalue weighted by atomic mass is 10.2. The van der Waals surface area contributed by atoms with E-state index in [0.717, 1.165) is 30.2 Å². The van der Waals surface area contributed by atoms with Crippen LogP contribution in [0.2, 0.25) is 0 Å². The molecule has 1 aliphatic rings. The van der Waals surface area contributed by atoms with Gasteiger partial charge in [-0.2, -0.15) is 0 Å². The highest BCUT2D eigenvalue weighted by molar-refractivity contribution is 8.15. The topological polar surface area (TPSA) is 71.4 Å². The molecule has 2 aromatic carbocycles. The molecule has 1 unspecified atom stereocenters. The van der Waals surface area contributed by atoms with Gasteiger partial charge in [0.2, 0.25) is 0 Å². The second kappa shape index (κ2) is 11.2. The van der Waals surface area contributed by atoms with Crippen LogP contribution in [-0.2, 0) is 4.79 Å². The number of carbonyl (C=O) groups is 1. The van der Waals surface area contributed by atoms with E-state index in [9.17, 15) is 23.1 Å². The van der Waals surface area contributed by atoms with Gasteiger partial charge in [0.05, 0.1) is 6.10 Å². The van der Waals surface area contributed by atoms with Crippen LogP contribution in [0.1, 0.15) is 25.3 Å². The molecular formula is C25H27F3N2O4S. The average molecular weight is 509 g/mol. The number of thioether (sulfide) groups is 1. The van der Waals surface area contributed by atoms with Crippen LogP contribution < -0.4 is 14.4 Å². The van der Waals surface area contributed by atoms with Crippen LogP contribution >= 0.6 is 11.8 Å². The van der Waals surface area contributed by atoms with Gasteiger partial charge in [-0.3, -0.25) is 4.79 Å². The number of anilines is 1. The highest BCUT2D eigenvalue weighted by Crippen LogP contribution is 2.33. The Labute approximate surface area is 206 Å². The van der Waals surface area contributed by atoms with E-state index >= 15 is 0 Å². The number of allylic oxidation sites excluding steroid dienone is 1. The van der Waals surface area contributed by atoms with Crippen molar-refractivity contribution in [3.63, 3.8) is 0 Å². The van der Waals surface area contributed by atoms with Gasteiger partial charge in [0, 0.05) is 23.3 Å². The van der Waals surface area contributed by atoms with Gasteiger partial charge in [-0.15, -0.1) is 13.2 Å². The number of carbonyl (C=O) groups excluding carboxylic acids is 1. The minimum atomic E-state index is -4.78. The number of aliphatic hydroxyl groups is 1. The number of ether oxygens (including phenoxy) is 2. The number of hydrogen-bond acceptors (Lipinski definition) is 6. The summed E-state index contributed by atoms with van der Waals surface area (Å²) in [6, 6.07) is 10.4. The van der Waals surface area contributed by atoms with E-state index in [0.29, 0.717) is 27.9 Å². The molecule has 1 N–H and O–H groups in total. The third-order valence-corrected chi connectivity index (χ3v) is 6.14. The average Bonchev–Trinajstić information content (AvgIpc) is 3.62. The lowest BCUT2D eigenvalue weighted by Gasteiger charge is -2.20. The van der Waals surface area contributed by atoms with Gasteiger partial charge < -0.3 is 19.5 Å². The molecule has 10 heteroatoms. The zero-order chi connectivity index (χ0) is 25.8. The Hall–Kier alpha value is -2.98. The third kappa shape index (κ3) is 8.03. The van der Waals surface area contributed by atoms with E-state index in [-0.39, 0.29) is 17.4 Å². The molecule has 188 valence electrons. The second-order valence-electron chi connectivity index (χ2n) is 8.30. The summed E-state index contributed by atoms with van der Waals surface area (Å²) in [6.07, 6.45) is -3.22. The molecule has 0 aromatic heterocycles. The first kappa shape index (κ1) is 26.6. The molecule has 2 aromatic rings. The summed E-state index contributed by atoms with van der Waals surface area (Å²) in [6.45, 7) is 7.44. The summed E-state index contributed by atoms with van der Waals surface area (Å²) in [5.41, 5.74) is 1.81. The number of amides is 1. The Balaban J connectivity index is 1.71. The molecule has 1 saturated carbocycles. The van der Waals surface area contributed by atoms with Crippen molar-refractivity contribution in [1.29, 1.82) is 0 Å². The first-order valence-electron chi connectivity index (χ1n) is 10.9. The predicted molar refractivity (Wildman–Crippen MR) is 130 cm³/mol. The van der Waals surface area contributed by atoms with Crippen LogP contribution in [-0.4, -0.2) is 42.2 Å². The molecular weight excluding hydrogens is 481 g/mol. The van der Waals surface area contributed by atoms with Crippen LogP contribution in [0.4, 0.5) is 18.9 Å². The largest absolute Gasteiger partial charge is 0.573 e. The first-order valence-corrected chi connectivity index (χ1v) is 11.7. The SMILES string of the molecule is C=C(C)N=C(Sc1ccc(OC(F)(F)F)cc1)C(=O)N(C)c1ccc(OCC(O)C2CC2)c(C)c1. The van der Waals surface area contributed by atoms with Gasteiger partial charge in [-0.1, -0.05) is 18.3 Å². The highest BCUT2D eigenvalue weighted by Gasteiger charge is 2.31. The lowest BCUT2D eigenvalue weighted by Crippen LogP contribution is -2.32. The molecule has 0 bridgehead atoms. The summed E-state index contributed by atoms with van der Waals surface area (Å²) in [5, 5.41) is 10.1. The number of aliphatic hydroxyl groups excluding tert-OH is 1. The molecule has 6 nitrogen and oxygen atoms in total. The van der Waals surface area contributed by atoms with Crippen LogP contribution in [0.25, 0.3) is 0 Å². The molecule has 0 aliphatic heterocycles. The zero-order valence-electron chi connectivity index (χ0n) is 19.6. The van der Waals surface area contributed by atoms with Crippen LogP contribution in [0, 0.1) is 12.8 Å². The number of rotatable bonds is 8. The Morgan fingerprint density at radius 1 is 1.26 bits per heavy atom. The summed E-state index contributed by atoms with van der Waals surface area (Å²) < 4.78 is 46.8. The van der Waals surface area contributed by atoms with E-state index in [1.165, 1.54) is 29.2 Å². The first-order chi connectivity index (χ1) is 16.4. The molecule has 1 fully saturated rings. The smallest absolute Gasteiger partial charge is 0.491 e. The summed E-state index contributed by atoms with van der Waals surface area (Å²) >= 11 is 1.01. The maximum atomic E-state index is 13.2. The fraction of sp³-hybridized carbons (Fsp3) is 0.360. The molecule has 3 rings (SSSR count). The predicted octanol–water partition coefficient (Wildman–Crippen LogP) is 5.73. The molecule has 0 spiro atoms. The van der Waals surface area contributed by atoms with Gasteiger partial charge in [0.15, 0.2) is 5.04 Å². The summed E-state index contributed by atoms with van der Waals surface area (Å²) in [7, 11) is 1.60. The number of nitrogens with zero attached hydrogens (tertiary/aromatic N) is 2. The maximum absolute atomic E-state index is 13.2. The summed E-state index contributed by atoms with van der Waals surface area (Å²) in [5.74, 6) is 0.174. The third-order valence-electron chi connectivity index (χ3n) is 5.17. The lowest BCUT2D eigenvalue weighted by molar-refractivity contribution is -0.274. The van der Waals surface area contributed by atoms with E-state index in [4.69, 9.17) is 4.74 Å². The molecule has 1 aliphatic carbocycles. The van der Waals surface area contributed by atoms with Gasteiger partial charge in [-0.25, -0.2) is 4.99 Å². The minimum absolute atomic E-state index is 0.107. The molecule has 0 heterocycles. The van der Waals surface area contributed by atoms with E-state index in [1.54, 1.807) is 32.2 Å². The van der Waals surface area contributed by atoms with Crippen molar-refractivity contribution in [2.45, 2.75) is 44.1 Å². The number of aryl methyl sites for hydroxylation is 1. The fourth-order valence-electron chi connectivity index (χ4n) is 3.17. The van der Waals surface area contributed by atoms with Gasteiger partial charge in [-0.05, 0) is 80.6 Å². The van der Waals surface area contributed by atoms with E-state index in [2.05, 4.69) is 16.3 Å². The quantitative estimate of drug-likeness (QED) is 0.280. The van der Waals surface area contributed by atoms with Crippen LogP contribution in [0.3, 0.4) is 0 Å². The summed E-state index contributed by atoms with van der Waals surface area (Å²) in [4.78, 5) is 19.4. The molecule has 35 heavy (non-hydrogen) atoms. The maximum Gasteiger partial charge on any atom is 0.573 e. The monoisotopic (exact) mass is 508 g/mol. The van der Waals surface area contributed by atoms with Crippen LogP contribution in [0.15, 0.2) is 64.6 Å². The standard InChI is InChI=1S/C25H27F3N2O4S/c1-15(2)29-23(35-20-10-8-19(9-11-20)34-25(26,27)28)24(32)30(4)18-7-12-22(16(3)13-18)33-14-21(31)17-5-6-17/h7-13,17,21,31H,1,5-6,14H2,2-4H3. The Morgan fingerprint density at radius 3 is 2.46 bits per heavy atom. The number of alkyl halides is 3. The van der Waals surface area contributed by atoms with Crippen molar-refractivity contribution in [2.75, 3.05) is 18.6 Å². The molecule has 0 saturated heterocycles. The second-order valence-corrected chi connectivity index (χ2v) is 9.37. The minimum Gasteiger partial charge on any atom is -0.491 e.